The molecule has 0 heterocycles. The van der Waals surface area contributed by atoms with Gasteiger partial charge in [0.25, 0.3) is 0 Å². The number of aryl methyl sites for hydroxylation is 2. The van der Waals surface area contributed by atoms with Gasteiger partial charge >= 0.3 is 5.97 Å². The van der Waals surface area contributed by atoms with E-state index in [1.54, 1.807) is 24.3 Å². The van der Waals surface area contributed by atoms with Crippen molar-refractivity contribution in [3.05, 3.63) is 59.2 Å². The van der Waals surface area contributed by atoms with Crippen molar-refractivity contribution in [2.45, 2.75) is 20.8 Å². The summed E-state index contributed by atoms with van der Waals surface area (Å²) in [6.07, 6.45) is 0. The summed E-state index contributed by atoms with van der Waals surface area (Å²) in [5.74, 6) is -1.03. The van der Waals surface area contributed by atoms with Crippen LogP contribution in [-0.4, -0.2) is 31.4 Å². The minimum Gasteiger partial charge on any atom is -0.465 e. The number of benzene rings is 2. The Morgan fingerprint density at radius 1 is 1.04 bits per heavy atom. The first-order valence-corrected chi connectivity index (χ1v) is 8.15. The summed E-state index contributed by atoms with van der Waals surface area (Å²) in [6.45, 7) is 5.11. The number of nitrogens with one attached hydrogen (secondary N) is 1. The molecule has 6 heteroatoms. The van der Waals surface area contributed by atoms with Crippen LogP contribution in [0.3, 0.4) is 0 Å². The summed E-state index contributed by atoms with van der Waals surface area (Å²) in [5, 5.41) is 2.84. The predicted octanol–water partition coefficient (Wildman–Crippen LogP) is 3.08. The van der Waals surface area contributed by atoms with E-state index in [0.29, 0.717) is 11.3 Å². The average molecular weight is 354 g/mol. The Hall–Kier alpha value is -3.15. The molecule has 136 valence electrons. The highest BCUT2D eigenvalue weighted by atomic mass is 16.5. The van der Waals surface area contributed by atoms with Gasteiger partial charge in [0.1, 0.15) is 6.54 Å². The average Bonchev–Trinajstić information content (AvgIpc) is 2.62. The molecule has 0 aliphatic heterocycles. The standard InChI is InChI=1S/C20H22N2O4/c1-13-5-6-14(2)18(11-13)21-19(24)12-22(15(3)23)17-9-7-16(8-10-17)20(25)26-4/h5-11H,12H2,1-4H3,(H,21,24). The number of hydrogen-bond donors (Lipinski definition) is 1. The molecule has 2 aromatic rings. The minimum absolute atomic E-state index is 0.125. The maximum absolute atomic E-state index is 12.4. The molecule has 0 aliphatic rings. The monoisotopic (exact) mass is 354 g/mol. The van der Waals surface area contributed by atoms with Crippen LogP contribution in [0.4, 0.5) is 11.4 Å². The highest BCUT2D eigenvalue weighted by Crippen LogP contribution is 2.18. The largest absolute Gasteiger partial charge is 0.465 e. The SMILES string of the molecule is COC(=O)c1ccc(N(CC(=O)Nc2cc(C)ccc2C)C(C)=O)cc1. The van der Waals surface area contributed by atoms with E-state index in [0.717, 1.165) is 16.8 Å². The molecule has 0 spiro atoms. The van der Waals surface area contributed by atoms with Crippen LogP contribution in [0.15, 0.2) is 42.5 Å². The van der Waals surface area contributed by atoms with Crippen LogP contribution >= 0.6 is 0 Å². The summed E-state index contributed by atoms with van der Waals surface area (Å²) in [5.41, 5.74) is 3.61. The van der Waals surface area contributed by atoms with Crippen molar-refractivity contribution in [2.75, 3.05) is 23.9 Å². The summed E-state index contributed by atoms with van der Waals surface area (Å²) in [6, 6.07) is 12.1. The minimum atomic E-state index is -0.460. The molecule has 0 aromatic heterocycles. The fraction of sp³-hybridized carbons (Fsp3) is 0.250. The zero-order chi connectivity index (χ0) is 19.3. The number of methoxy groups -OCH3 is 1. The second-order valence-corrected chi connectivity index (χ2v) is 6.01. The smallest absolute Gasteiger partial charge is 0.337 e. The molecule has 0 saturated heterocycles. The molecule has 2 aromatic carbocycles. The molecule has 2 amide bonds. The Kier molecular flexibility index (Phi) is 6.11. The van der Waals surface area contributed by atoms with E-state index in [1.165, 1.54) is 18.9 Å². The van der Waals surface area contributed by atoms with E-state index >= 15 is 0 Å². The van der Waals surface area contributed by atoms with Gasteiger partial charge in [0, 0.05) is 18.3 Å². The van der Waals surface area contributed by atoms with Crippen LogP contribution in [0.1, 0.15) is 28.4 Å². The first-order chi connectivity index (χ1) is 12.3. The second kappa shape index (κ2) is 8.29. The lowest BCUT2D eigenvalue weighted by atomic mass is 10.1. The molecule has 0 unspecified atom stereocenters. The third kappa shape index (κ3) is 4.69. The zero-order valence-electron chi connectivity index (χ0n) is 15.3. The Morgan fingerprint density at radius 2 is 1.69 bits per heavy atom. The molecule has 6 nitrogen and oxygen atoms in total. The number of anilines is 2. The first kappa shape index (κ1) is 19.2. The molecule has 0 bridgehead atoms. The number of amides is 2. The van der Waals surface area contributed by atoms with E-state index in [-0.39, 0.29) is 18.4 Å². The molecule has 26 heavy (non-hydrogen) atoms. The third-order valence-electron chi connectivity index (χ3n) is 3.95. The Morgan fingerprint density at radius 3 is 2.27 bits per heavy atom. The van der Waals surface area contributed by atoms with Gasteiger partial charge in [-0.05, 0) is 55.3 Å². The number of ether oxygens (including phenoxy) is 1. The second-order valence-electron chi connectivity index (χ2n) is 6.01. The zero-order valence-corrected chi connectivity index (χ0v) is 15.3. The van der Waals surface area contributed by atoms with Gasteiger partial charge in [0.15, 0.2) is 0 Å². The van der Waals surface area contributed by atoms with Crippen molar-refractivity contribution in [3.63, 3.8) is 0 Å². The van der Waals surface area contributed by atoms with Crippen LogP contribution in [-0.2, 0) is 14.3 Å². The quantitative estimate of drug-likeness (QED) is 0.837. The molecular weight excluding hydrogens is 332 g/mol. The number of carbonyl (C=O) groups is 3. The van der Waals surface area contributed by atoms with Crippen molar-refractivity contribution in [1.29, 1.82) is 0 Å². The van der Waals surface area contributed by atoms with Gasteiger partial charge < -0.3 is 15.0 Å². The van der Waals surface area contributed by atoms with Gasteiger partial charge in [-0.2, -0.15) is 0 Å². The fourth-order valence-electron chi connectivity index (χ4n) is 2.48. The Bertz CT molecular complexity index is 828. The van der Waals surface area contributed by atoms with Gasteiger partial charge in [-0.1, -0.05) is 12.1 Å². The van der Waals surface area contributed by atoms with Crippen LogP contribution in [0.25, 0.3) is 0 Å². The highest BCUT2D eigenvalue weighted by Gasteiger charge is 2.17. The molecule has 0 fully saturated rings. The number of hydrogen-bond acceptors (Lipinski definition) is 4. The number of carbonyl (C=O) groups excluding carboxylic acids is 3. The summed E-state index contributed by atoms with van der Waals surface area (Å²) < 4.78 is 4.65. The maximum Gasteiger partial charge on any atom is 0.337 e. The van der Waals surface area contributed by atoms with Crippen molar-refractivity contribution in [3.8, 4) is 0 Å². The van der Waals surface area contributed by atoms with Crippen molar-refractivity contribution in [2.24, 2.45) is 0 Å². The van der Waals surface area contributed by atoms with Gasteiger partial charge in [-0.15, -0.1) is 0 Å². The summed E-state index contributed by atoms with van der Waals surface area (Å²) in [4.78, 5) is 37.2. The van der Waals surface area contributed by atoms with Gasteiger partial charge in [0.2, 0.25) is 11.8 Å². The predicted molar refractivity (Wildman–Crippen MR) is 100 cm³/mol. The first-order valence-electron chi connectivity index (χ1n) is 8.15. The molecule has 0 aliphatic carbocycles. The summed E-state index contributed by atoms with van der Waals surface area (Å²) >= 11 is 0. The number of rotatable bonds is 5. The normalized spacial score (nSPS) is 10.2. The Balaban J connectivity index is 2.15. The highest BCUT2D eigenvalue weighted by molar-refractivity contribution is 6.02. The molecule has 0 atom stereocenters. The van der Waals surface area contributed by atoms with Gasteiger partial charge in [0.05, 0.1) is 12.7 Å². The molecule has 0 saturated carbocycles. The van der Waals surface area contributed by atoms with Gasteiger partial charge in [-0.3, -0.25) is 9.59 Å². The van der Waals surface area contributed by atoms with E-state index in [1.807, 2.05) is 32.0 Å². The van der Waals surface area contributed by atoms with E-state index in [4.69, 9.17) is 0 Å². The molecular formula is C20H22N2O4. The maximum atomic E-state index is 12.4. The van der Waals surface area contributed by atoms with Crippen LogP contribution in [0.2, 0.25) is 0 Å². The van der Waals surface area contributed by atoms with Crippen LogP contribution < -0.4 is 10.2 Å². The summed E-state index contributed by atoms with van der Waals surface area (Å²) in [7, 11) is 1.30. The van der Waals surface area contributed by atoms with Crippen LogP contribution in [0.5, 0.6) is 0 Å². The number of esters is 1. The molecule has 1 N–H and O–H groups in total. The lowest BCUT2D eigenvalue weighted by Gasteiger charge is -2.21. The topological polar surface area (TPSA) is 75.7 Å². The fourth-order valence-corrected chi connectivity index (χ4v) is 2.48. The lowest BCUT2D eigenvalue weighted by Crippen LogP contribution is -2.36. The van der Waals surface area contributed by atoms with Crippen LogP contribution in [0, 0.1) is 13.8 Å². The lowest BCUT2D eigenvalue weighted by molar-refractivity contribution is -0.120. The van der Waals surface area contributed by atoms with Crippen molar-refractivity contribution >= 4 is 29.2 Å². The van der Waals surface area contributed by atoms with E-state index < -0.39 is 5.97 Å². The van der Waals surface area contributed by atoms with E-state index in [9.17, 15) is 14.4 Å². The number of nitrogens with zero attached hydrogens (tertiary/aromatic N) is 1. The Labute approximate surface area is 152 Å². The van der Waals surface area contributed by atoms with E-state index in [2.05, 4.69) is 10.1 Å². The van der Waals surface area contributed by atoms with Crippen molar-refractivity contribution in [1.82, 2.24) is 0 Å². The van der Waals surface area contributed by atoms with Gasteiger partial charge in [-0.25, -0.2) is 4.79 Å². The third-order valence-corrected chi connectivity index (χ3v) is 3.95. The van der Waals surface area contributed by atoms with Crippen molar-refractivity contribution < 1.29 is 19.1 Å². The molecule has 0 radical (unpaired) electrons. The molecule has 2 rings (SSSR count).